The lowest BCUT2D eigenvalue weighted by atomic mass is 10.1. The number of benzene rings is 2. The Kier molecular flexibility index (Phi) is 6.08. The highest BCUT2D eigenvalue weighted by Gasteiger charge is 2.34. The Balaban J connectivity index is 1.44. The van der Waals surface area contributed by atoms with Crippen LogP contribution in [0.2, 0.25) is 0 Å². The lowest BCUT2D eigenvalue weighted by molar-refractivity contribution is -0.133. The van der Waals surface area contributed by atoms with Gasteiger partial charge in [0, 0.05) is 31.8 Å². The first-order valence-corrected chi connectivity index (χ1v) is 11.7. The fourth-order valence-corrected chi connectivity index (χ4v) is 5.39. The van der Waals surface area contributed by atoms with Crippen molar-refractivity contribution in [1.82, 2.24) is 9.80 Å². The van der Waals surface area contributed by atoms with Gasteiger partial charge in [-0.05, 0) is 31.0 Å². The van der Waals surface area contributed by atoms with E-state index in [4.69, 9.17) is 4.74 Å². The number of amides is 1. The van der Waals surface area contributed by atoms with Crippen molar-refractivity contribution in [2.75, 3.05) is 32.8 Å². The first-order chi connectivity index (χ1) is 15.0. The van der Waals surface area contributed by atoms with Gasteiger partial charge in [0.25, 0.3) is 15.9 Å². The molecule has 1 saturated heterocycles. The summed E-state index contributed by atoms with van der Waals surface area (Å²) < 4.78 is 35.2. The molecule has 8 heteroatoms. The maximum atomic E-state index is 12.8. The van der Waals surface area contributed by atoms with Crippen LogP contribution >= 0.6 is 0 Å². The molecular formula is C23H25N3O4S. The Morgan fingerprint density at radius 1 is 0.968 bits per heavy atom. The monoisotopic (exact) mass is 439 g/mol. The standard InChI is InChI=1S/C23H25N3O4S/c1-18-22(19-9-4-2-5-10-19)31(28,29)24-23(18)26-14-8-13-25(15-16-26)21(27)17-30-20-11-6-3-7-12-20/h2-7,9-12H,8,13-17H2,1H3. The van der Waals surface area contributed by atoms with Crippen LogP contribution in [0.1, 0.15) is 18.9 Å². The molecule has 1 amide bonds. The van der Waals surface area contributed by atoms with Crippen molar-refractivity contribution in [2.45, 2.75) is 13.3 Å². The zero-order chi connectivity index (χ0) is 21.8. The van der Waals surface area contributed by atoms with Gasteiger partial charge in [-0.25, -0.2) is 0 Å². The molecule has 31 heavy (non-hydrogen) atoms. The Morgan fingerprint density at radius 3 is 2.35 bits per heavy atom. The molecule has 2 heterocycles. The Labute approximate surface area is 182 Å². The second-order valence-electron chi connectivity index (χ2n) is 7.53. The maximum absolute atomic E-state index is 12.8. The number of rotatable bonds is 4. The molecule has 0 N–H and O–H groups in total. The van der Waals surface area contributed by atoms with E-state index in [1.807, 2.05) is 53.4 Å². The van der Waals surface area contributed by atoms with Crippen LogP contribution in [0.3, 0.4) is 0 Å². The quantitative estimate of drug-likeness (QED) is 0.732. The molecule has 0 atom stereocenters. The lowest BCUT2D eigenvalue weighted by Gasteiger charge is -2.23. The second-order valence-corrected chi connectivity index (χ2v) is 9.07. The van der Waals surface area contributed by atoms with Crippen LogP contribution < -0.4 is 4.74 Å². The summed E-state index contributed by atoms with van der Waals surface area (Å²) in [5, 5.41) is 0. The van der Waals surface area contributed by atoms with E-state index < -0.39 is 10.0 Å². The van der Waals surface area contributed by atoms with Gasteiger partial charge < -0.3 is 14.5 Å². The summed E-state index contributed by atoms with van der Waals surface area (Å²) in [5.41, 5.74) is 1.29. The average Bonchev–Trinajstić information content (AvgIpc) is 2.92. The van der Waals surface area contributed by atoms with Crippen molar-refractivity contribution < 1.29 is 17.9 Å². The number of amidine groups is 1. The van der Waals surface area contributed by atoms with Crippen molar-refractivity contribution in [3.05, 3.63) is 71.8 Å². The second kappa shape index (κ2) is 8.93. The van der Waals surface area contributed by atoms with Gasteiger partial charge in [0.1, 0.15) is 16.5 Å². The first kappa shape index (κ1) is 21.1. The van der Waals surface area contributed by atoms with E-state index in [1.54, 1.807) is 24.0 Å². The van der Waals surface area contributed by atoms with Gasteiger partial charge in [0.2, 0.25) is 0 Å². The summed E-state index contributed by atoms with van der Waals surface area (Å²) in [6, 6.07) is 18.3. The predicted octanol–water partition coefficient (Wildman–Crippen LogP) is 2.77. The van der Waals surface area contributed by atoms with E-state index in [0.717, 1.165) is 6.42 Å². The summed E-state index contributed by atoms with van der Waals surface area (Å²) in [7, 11) is -3.74. The maximum Gasteiger partial charge on any atom is 0.285 e. The molecule has 2 aromatic rings. The van der Waals surface area contributed by atoms with Crippen molar-refractivity contribution in [3.63, 3.8) is 0 Å². The van der Waals surface area contributed by atoms with Crippen LogP contribution in [0.4, 0.5) is 0 Å². The number of sulfonamides is 1. The van der Waals surface area contributed by atoms with Crippen LogP contribution in [-0.4, -0.2) is 62.7 Å². The molecule has 2 aliphatic heterocycles. The highest BCUT2D eigenvalue weighted by Crippen LogP contribution is 2.33. The van der Waals surface area contributed by atoms with Crippen LogP contribution in [0.25, 0.3) is 4.91 Å². The minimum absolute atomic E-state index is 0.0174. The number of ether oxygens (including phenoxy) is 1. The predicted molar refractivity (Wildman–Crippen MR) is 120 cm³/mol. The van der Waals surface area contributed by atoms with Crippen molar-refractivity contribution in [3.8, 4) is 5.75 Å². The Bertz CT molecular complexity index is 1110. The molecule has 2 aromatic carbocycles. The molecule has 162 valence electrons. The van der Waals surface area contributed by atoms with E-state index in [1.165, 1.54) is 0 Å². The molecule has 0 aromatic heterocycles. The van der Waals surface area contributed by atoms with E-state index in [0.29, 0.717) is 48.9 Å². The SMILES string of the molecule is CC1=C(c2ccccc2)S(=O)(=O)N=C1N1CCCN(C(=O)COc2ccccc2)CC1. The highest BCUT2D eigenvalue weighted by atomic mass is 32.2. The van der Waals surface area contributed by atoms with Crippen LogP contribution in [-0.2, 0) is 14.8 Å². The van der Waals surface area contributed by atoms with E-state index in [9.17, 15) is 13.2 Å². The molecule has 0 radical (unpaired) electrons. The third-order valence-electron chi connectivity index (χ3n) is 5.43. The first-order valence-electron chi connectivity index (χ1n) is 10.3. The fourth-order valence-electron chi connectivity index (χ4n) is 3.90. The smallest absolute Gasteiger partial charge is 0.285 e. The summed E-state index contributed by atoms with van der Waals surface area (Å²) in [5.74, 6) is 1.06. The van der Waals surface area contributed by atoms with E-state index in [-0.39, 0.29) is 17.4 Å². The summed E-state index contributed by atoms with van der Waals surface area (Å²) in [6.07, 6.45) is 0.726. The molecule has 0 spiro atoms. The molecule has 7 nitrogen and oxygen atoms in total. The van der Waals surface area contributed by atoms with Gasteiger partial charge >= 0.3 is 0 Å². The largest absolute Gasteiger partial charge is 0.484 e. The Hall–Kier alpha value is -3.13. The topological polar surface area (TPSA) is 79.3 Å². The van der Waals surface area contributed by atoms with Gasteiger partial charge in [0.15, 0.2) is 6.61 Å². The normalized spacial score (nSPS) is 18.5. The zero-order valence-electron chi connectivity index (χ0n) is 17.4. The molecule has 0 bridgehead atoms. The van der Waals surface area contributed by atoms with Gasteiger partial charge in [-0.15, -0.1) is 4.40 Å². The van der Waals surface area contributed by atoms with Gasteiger partial charge in [-0.2, -0.15) is 8.42 Å². The van der Waals surface area contributed by atoms with Crippen LogP contribution in [0.5, 0.6) is 5.75 Å². The molecule has 1 fully saturated rings. The van der Waals surface area contributed by atoms with Crippen molar-refractivity contribution >= 4 is 26.7 Å². The third kappa shape index (κ3) is 4.64. The van der Waals surface area contributed by atoms with Crippen LogP contribution in [0.15, 0.2) is 70.6 Å². The average molecular weight is 440 g/mol. The molecular weight excluding hydrogens is 414 g/mol. The summed E-state index contributed by atoms with van der Waals surface area (Å²) in [6.45, 7) is 4.03. The minimum atomic E-state index is -3.74. The number of hydrogen-bond donors (Lipinski definition) is 0. The number of nitrogens with zero attached hydrogens (tertiary/aromatic N) is 3. The zero-order valence-corrected chi connectivity index (χ0v) is 18.2. The Morgan fingerprint density at radius 2 is 1.65 bits per heavy atom. The fraction of sp³-hybridized carbons (Fsp3) is 0.304. The van der Waals surface area contributed by atoms with Gasteiger partial charge in [-0.1, -0.05) is 48.5 Å². The molecule has 2 aliphatic rings. The molecule has 0 saturated carbocycles. The highest BCUT2D eigenvalue weighted by molar-refractivity contribution is 8.00. The van der Waals surface area contributed by atoms with E-state index >= 15 is 0 Å². The molecule has 0 unspecified atom stereocenters. The van der Waals surface area contributed by atoms with Crippen molar-refractivity contribution in [1.29, 1.82) is 0 Å². The summed E-state index contributed by atoms with van der Waals surface area (Å²) >= 11 is 0. The number of para-hydroxylation sites is 1. The minimum Gasteiger partial charge on any atom is -0.484 e. The number of carbonyl (C=O) groups is 1. The number of hydrogen-bond acceptors (Lipinski definition) is 5. The van der Waals surface area contributed by atoms with Crippen molar-refractivity contribution in [2.24, 2.45) is 4.40 Å². The third-order valence-corrected chi connectivity index (χ3v) is 6.90. The van der Waals surface area contributed by atoms with E-state index in [2.05, 4.69) is 4.40 Å². The summed E-state index contributed by atoms with van der Waals surface area (Å²) in [4.78, 5) is 16.6. The van der Waals surface area contributed by atoms with Gasteiger partial charge in [-0.3, -0.25) is 4.79 Å². The van der Waals surface area contributed by atoms with Gasteiger partial charge in [0.05, 0.1) is 0 Å². The molecule has 4 rings (SSSR count). The lowest BCUT2D eigenvalue weighted by Crippen LogP contribution is -2.39. The molecule has 0 aliphatic carbocycles. The van der Waals surface area contributed by atoms with Crippen LogP contribution in [0, 0.1) is 0 Å². The number of carbonyl (C=O) groups excluding carboxylic acids is 1.